The summed E-state index contributed by atoms with van der Waals surface area (Å²) in [7, 11) is 0. The Bertz CT molecular complexity index is 2230. The minimum Gasteiger partial charge on any atom is -0.310 e. The van der Waals surface area contributed by atoms with Crippen molar-refractivity contribution >= 4 is 51.2 Å². The van der Waals surface area contributed by atoms with E-state index >= 15 is 0 Å². The van der Waals surface area contributed by atoms with Crippen LogP contribution in [-0.4, -0.2) is 0 Å². The van der Waals surface area contributed by atoms with Gasteiger partial charge in [0.1, 0.15) is 0 Å². The molecule has 0 atom stereocenters. The van der Waals surface area contributed by atoms with E-state index in [0.717, 1.165) is 28.4 Å². The number of para-hydroxylation sites is 5. The molecule has 248 valence electrons. The van der Waals surface area contributed by atoms with Crippen LogP contribution in [0.15, 0.2) is 176 Å². The van der Waals surface area contributed by atoms with Gasteiger partial charge in [-0.1, -0.05) is 119 Å². The van der Waals surface area contributed by atoms with Gasteiger partial charge in [-0.05, 0) is 107 Å². The second kappa shape index (κ2) is 11.8. The molecule has 2 aliphatic heterocycles. The van der Waals surface area contributed by atoms with Gasteiger partial charge in [-0.3, -0.25) is 0 Å². The van der Waals surface area contributed by atoms with E-state index in [1.165, 1.54) is 45.0 Å². The minimum absolute atomic E-state index is 0.215. The van der Waals surface area contributed by atoms with Crippen molar-refractivity contribution in [1.82, 2.24) is 0 Å². The number of rotatable bonds is 5. The third kappa shape index (κ3) is 4.87. The van der Waals surface area contributed by atoms with Gasteiger partial charge in [0.2, 0.25) is 0 Å². The molecule has 0 aliphatic carbocycles. The summed E-state index contributed by atoms with van der Waals surface area (Å²) >= 11 is 0. The van der Waals surface area contributed by atoms with Crippen LogP contribution >= 0.6 is 0 Å². The molecule has 3 nitrogen and oxygen atoms in total. The number of benzene rings is 7. The lowest BCUT2D eigenvalue weighted by Crippen LogP contribution is -2.31. The molecule has 0 N–H and O–H groups in total. The molecule has 9 rings (SSSR count). The highest BCUT2D eigenvalue weighted by molar-refractivity contribution is 5.91. The molecule has 51 heavy (non-hydrogen) atoms. The maximum atomic E-state index is 2.42. The van der Waals surface area contributed by atoms with E-state index in [9.17, 15) is 0 Å². The van der Waals surface area contributed by atoms with Crippen LogP contribution in [0.25, 0.3) is 0 Å². The molecule has 0 saturated carbocycles. The van der Waals surface area contributed by atoms with Gasteiger partial charge in [0.05, 0.1) is 22.7 Å². The zero-order chi connectivity index (χ0) is 34.7. The summed E-state index contributed by atoms with van der Waals surface area (Å²) in [5.41, 5.74) is 15.4. The molecule has 7 aromatic carbocycles. The summed E-state index contributed by atoms with van der Waals surface area (Å²) in [4.78, 5) is 7.26. The van der Waals surface area contributed by atoms with Gasteiger partial charge >= 0.3 is 0 Å². The quantitative estimate of drug-likeness (QED) is 0.182. The summed E-state index contributed by atoms with van der Waals surface area (Å²) in [6, 6.07) is 64.1. The summed E-state index contributed by atoms with van der Waals surface area (Å²) < 4.78 is 0. The number of anilines is 9. The summed E-state index contributed by atoms with van der Waals surface area (Å²) in [5.74, 6) is 0. The summed E-state index contributed by atoms with van der Waals surface area (Å²) in [5, 5.41) is 0. The van der Waals surface area contributed by atoms with Crippen LogP contribution in [0.3, 0.4) is 0 Å². The molecule has 0 fully saturated rings. The van der Waals surface area contributed by atoms with Crippen LogP contribution in [0.2, 0.25) is 0 Å². The number of fused-ring (bicyclic) bond motifs is 4. The van der Waals surface area contributed by atoms with Gasteiger partial charge in [0.25, 0.3) is 0 Å². The van der Waals surface area contributed by atoms with Crippen molar-refractivity contribution in [3.05, 3.63) is 198 Å². The molecule has 0 aromatic heterocycles. The molecular formula is C48H41N3. The maximum absolute atomic E-state index is 2.42. The van der Waals surface area contributed by atoms with Crippen molar-refractivity contribution in [3.63, 3.8) is 0 Å². The molecule has 2 aliphatic rings. The lowest BCUT2D eigenvalue weighted by atomic mass is 9.73. The van der Waals surface area contributed by atoms with E-state index in [0.29, 0.717) is 0 Å². The van der Waals surface area contributed by atoms with Crippen LogP contribution in [0.1, 0.15) is 49.9 Å². The standard InChI is InChI=1S/C48H41N3/c1-47(2)39-24-14-16-26-43(39)50(35-20-10-6-11-21-35)45-30-28-37(32-41(45)47)49(34-18-8-5-9-19-34)38-29-31-46-42(33-38)48(3,4)40-25-15-17-27-44(40)51(46)36-22-12-7-13-23-36/h5-33H,1-4H3. The molecule has 0 bridgehead atoms. The second-order valence-electron chi connectivity index (χ2n) is 14.7. The SMILES string of the molecule is CC1(C)c2ccccc2N(c2ccccc2)c2ccc(N(c3ccccc3)c3ccc4c(c3)C(C)(C)c3ccccc3N4c3ccccc3)cc21. The fourth-order valence-electron chi connectivity index (χ4n) is 8.40. The van der Waals surface area contributed by atoms with Gasteiger partial charge in [-0.25, -0.2) is 0 Å². The fraction of sp³-hybridized carbons (Fsp3) is 0.125. The summed E-state index contributed by atoms with van der Waals surface area (Å²) in [6.45, 7) is 9.45. The first kappa shape index (κ1) is 31.0. The molecule has 0 saturated heterocycles. The van der Waals surface area contributed by atoms with Crippen LogP contribution in [0.5, 0.6) is 0 Å². The predicted octanol–water partition coefficient (Wildman–Crippen LogP) is 13.4. The van der Waals surface area contributed by atoms with Crippen LogP contribution in [0.4, 0.5) is 51.2 Å². The molecule has 3 heteroatoms. The third-order valence-electron chi connectivity index (χ3n) is 11.0. The first-order chi connectivity index (χ1) is 24.8. The Morgan fingerprint density at radius 3 is 1.12 bits per heavy atom. The van der Waals surface area contributed by atoms with Gasteiger partial charge in [0.15, 0.2) is 0 Å². The Morgan fingerprint density at radius 2 is 0.686 bits per heavy atom. The first-order valence-electron chi connectivity index (χ1n) is 17.9. The Hall–Kier alpha value is -6.06. The zero-order valence-corrected chi connectivity index (χ0v) is 29.6. The minimum atomic E-state index is -0.215. The highest BCUT2D eigenvalue weighted by atomic mass is 15.2. The Labute approximate surface area is 301 Å². The summed E-state index contributed by atoms with van der Waals surface area (Å²) in [6.07, 6.45) is 0. The Morgan fingerprint density at radius 1 is 0.333 bits per heavy atom. The average molecular weight is 660 g/mol. The Balaban J connectivity index is 1.24. The topological polar surface area (TPSA) is 9.72 Å². The molecular weight excluding hydrogens is 619 g/mol. The van der Waals surface area contributed by atoms with E-state index in [1.807, 2.05) is 0 Å². The van der Waals surface area contributed by atoms with Crippen LogP contribution in [-0.2, 0) is 10.8 Å². The van der Waals surface area contributed by atoms with Crippen molar-refractivity contribution < 1.29 is 0 Å². The highest BCUT2D eigenvalue weighted by Crippen LogP contribution is 2.55. The van der Waals surface area contributed by atoms with Crippen molar-refractivity contribution in [1.29, 1.82) is 0 Å². The van der Waals surface area contributed by atoms with Crippen LogP contribution in [0, 0.1) is 0 Å². The second-order valence-corrected chi connectivity index (χ2v) is 14.7. The molecule has 0 radical (unpaired) electrons. The van der Waals surface area contributed by atoms with Crippen molar-refractivity contribution in [2.24, 2.45) is 0 Å². The molecule has 0 unspecified atom stereocenters. The van der Waals surface area contributed by atoms with Crippen molar-refractivity contribution in [3.8, 4) is 0 Å². The van der Waals surface area contributed by atoms with E-state index < -0.39 is 0 Å². The predicted molar refractivity (Wildman–Crippen MR) is 215 cm³/mol. The zero-order valence-electron chi connectivity index (χ0n) is 29.6. The molecule has 0 spiro atoms. The lowest BCUT2D eigenvalue weighted by Gasteiger charge is -2.43. The van der Waals surface area contributed by atoms with Crippen molar-refractivity contribution in [2.75, 3.05) is 14.7 Å². The van der Waals surface area contributed by atoms with Crippen LogP contribution < -0.4 is 14.7 Å². The third-order valence-corrected chi connectivity index (χ3v) is 11.0. The first-order valence-corrected chi connectivity index (χ1v) is 17.9. The number of nitrogens with zero attached hydrogens (tertiary/aromatic N) is 3. The number of hydrogen-bond donors (Lipinski definition) is 0. The average Bonchev–Trinajstić information content (AvgIpc) is 3.17. The lowest BCUT2D eigenvalue weighted by molar-refractivity contribution is 0.631. The fourth-order valence-corrected chi connectivity index (χ4v) is 8.40. The van der Waals surface area contributed by atoms with E-state index in [-0.39, 0.29) is 10.8 Å². The van der Waals surface area contributed by atoms with Gasteiger partial charge in [-0.2, -0.15) is 0 Å². The van der Waals surface area contributed by atoms with Gasteiger partial charge in [-0.15, -0.1) is 0 Å². The molecule has 7 aromatic rings. The molecule has 2 heterocycles. The monoisotopic (exact) mass is 659 g/mol. The number of hydrogen-bond acceptors (Lipinski definition) is 3. The van der Waals surface area contributed by atoms with Gasteiger partial charge < -0.3 is 14.7 Å². The van der Waals surface area contributed by atoms with Gasteiger partial charge in [0, 0.05) is 39.3 Å². The van der Waals surface area contributed by atoms with E-state index in [4.69, 9.17) is 0 Å². The Kier molecular flexibility index (Phi) is 7.15. The van der Waals surface area contributed by atoms with Crippen molar-refractivity contribution in [2.45, 2.75) is 38.5 Å². The van der Waals surface area contributed by atoms with E-state index in [1.54, 1.807) is 0 Å². The normalized spacial score (nSPS) is 14.9. The van der Waals surface area contributed by atoms with E-state index in [2.05, 4.69) is 218 Å². The molecule has 0 amide bonds. The smallest absolute Gasteiger partial charge is 0.0504 e. The maximum Gasteiger partial charge on any atom is 0.0504 e. The highest BCUT2D eigenvalue weighted by Gasteiger charge is 2.39. The largest absolute Gasteiger partial charge is 0.310 e.